The van der Waals surface area contributed by atoms with Crippen molar-refractivity contribution in [2.24, 2.45) is 0 Å². The lowest BCUT2D eigenvalue weighted by atomic mass is 9.80. The molecule has 0 amide bonds. The molecule has 0 spiro atoms. The van der Waals surface area contributed by atoms with E-state index in [1.54, 1.807) is 6.07 Å². The average Bonchev–Trinajstić information content (AvgIpc) is 2.33. The number of aromatic hydroxyl groups is 1. The first-order valence-electron chi connectivity index (χ1n) is 6.78. The van der Waals surface area contributed by atoms with Gasteiger partial charge in [-0.1, -0.05) is 32.4 Å². The van der Waals surface area contributed by atoms with Crippen LogP contribution in [0.4, 0.5) is 0 Å². The zero-order chi connectivity index (χ0) is 12.3. The zero-order valence-electron chi connectivity index (χ0n) is 10.9. The predicted octanol–water partition coefficient (Wildman–Crippen LogP) is 3.20. The van der Waals surface area contributed by atoms with E-state index in [0.717, 1.165) is 24.9 Å². The molecule has 1 aromatic rings. The second kappa shape index (κ2) is 5.54. The predicted molar refractivity (Wildman–Crippen MR) is 71.5 cm³/mol. The summed E-state index contributed by atoms with van der Waals surface area (Å²) in [7, 11) is 0. The molecule has 1 aliphatic rings. The van der Waals surface area contributed by atoms with Crippen molar-refractivity contribution in [3.05, 3.63) is 29.3 Å². The van der Waals surface area contributed by atoms with E-state index in [1.807, 2.05) is 6.07 Å². The second-order valence-electron chi connectivity index (χ2n) is 5.09. The molecule has 0 saturated carbocycles. The fourth-order valence-electron chi connectivity index (χ4n) is 2.80. The van der Waals surface area contributed by atoms with Gasteiger partial charge in [0, 0.05) is 6.04 Å². The van der Waals surface area contributed by atoms with Gasteiger partial charge in [0.2, 0.25) is 0 Å². The van der Waals surface area contributed by atoms with Crippen LogP contribution in [0.2, 0.25) is 0 Å². The molecule has 2 nitrogen and oxygen atoms in total. The Kier molecular flexibility index (Phi) is 4.06. The molecule has 2 heteroatoms. The monoisotopic (exact) mass is 233 g/mol. The summed E-state index contributed by atoms with van der Waals surface area (Å²) >= 11 is 0. The van der Waals surface area contributed by atoms with Gasteiger partial charge in [-0.3, -0.25) is 0 Å². The van der Waals surface area contributed by atoms with Crippen molar-refractivity contribution in [2.75, 3.05) is 6.54 Å². The Morgan fingerprint density at radius 1 is 1.41 bits per heavy atom. The highest BCUT2D eigenvalue weighted by Crippen LogP contribution is 2.35. The molecule has 2 N–H and O–H groups in total. The molecule has 0 aliphatic heterocycles. The molecule has 0 fully saturated rings. The molecule has 1 aliphatic carbocycles. The smallest absolute Gasteiger partial charge is 0.119 e. The van der Waals surface area contributed by atoms with Crippen molar-refractivity contribution in [1.29, 1.82) is 0 Å². The Morgan fingerprint density at radius 3 is 3.00 bits per heavy atom. The Hall–Kier alpha value is -1.02. The summed E-state index contributed by atoms with van der Waals surface area (Å²) in [5, 5.41) is 13.5. The average molecular weight is 233 g/mol. The maximum Gasteiger partial charge on any atom is 0.119 e. The maximum absolute atomic E-state index is 9.85. The molecule has 2 atom stereocenters. The van der Waals surface area contributed by atoms with Gasteiger partial charge < -0.3 is 10.4 Å². The molecule has 94 valence electrons. The standard InChI is InChI=1S/C15H23NO/c1-3-4-10-16-14-9-8-13-12(11(14)2)6-5-7-15(13)17/h5-7,11,14,16-17H,3-4,8-10H2,1-2H3/t11-,14+/m0/s1. The third kappa shape index (κ3) is 2.63. The van der Waals surface area contributed by atoms with Gasteiger partial charge >= 0.3 is 0 Å². The molecular weight excluding hydrogens is 210 g/mol. The normalized spacial score (nSPS) is 23.4. The lowest BCUT2D eigenvalue weighted by Crippen LogP contribution is -2.37. The van der Waals surface area contributed by atoms with E-state index in [-0.39, 0.29) is 0 Å². The van der Waals surface area contributed by atoms with Crippen LogP contribution in [0.1, 0.15) is 50.2 Å². The van der Waals surface area contributed by atoms with Crippen LogP contribution in [0.25, 0.3) is 0 Å². The van der Waals surface area contributed by atoms with Gasteiger partial charge in [-0.15, -0.1) is 0 Å². The summed E-state index contributed by atoms with van der Waals surface area (Å²) in [5.41, 5.74) is 2.48. The number of fused-ring (bicyclic) bond motifs is 1. The SMILES string of the molecule is CCCCN[C@@H]1CCc2c(O)cccc2[C@@H]1C. The van der Waals surface area contributed by atoms with Crippen molar-refractivity contribution in [3.63, 3.8) is 0 Å². The van der Waals surface area contributed by atoms with E-state index < -0.39 is 0 Å². The number of phenolic OH excluding ortho intramolecular Hbond substituents is 1. The number of unbranched alkanes of at least 4 members (excludes halogenated alkanes) is 1. The minimum atomic E-state index is 0.473. The molecule has 0 radical (unpaired) electrons. The Morgan fingerprint density at radius 2 is 2.24 bits per heavy atom. The highest BCUT2D eigenvalue weighted by molar-refractivity contribution is 5.43. The molecule has 0 aromatic heterocycles. The molecule has 0 saturated heterocycles. The number of nitrogens with one attached hydrogen (secondary N) is 1. The Labute approximate surface area is 104 Å². The summed E-state index contributed by atoms with van der Waals surface area (Å²) in [4.78, 5) is 0. The van der Waals surface area contributed by atoms with Crippen LogP contribution in [-0.2, 0) is 6.42 Å². The molecular formula is C15H23NO. The van der Waals surface area contributed by atoms with Crippen LogP contribution in [0.3, 0.4) is 0 Å². The summed E-state index contributed by atoms with van der Waals surface area (Å²) < 4.78 is 0. The molecule has 0 unspecified atom stereocenters. The Bertz CT molecular complexity index is 375. The van der Waals surface area contributed by atoms with Gasteiger partial charge in [0.05, 0.1) is 0 Å². The number of benzene rings is 1. The second-order valence-corrected chi connectivity index (χ2v) is 5.09. The van der Waals surface area contributed by atoms with Crippen molar-refractivity contribution in [2.45, 2.75) is 51.5 Å². The van der Waals surface area contributed by atoms with Crippen LogP contribution in [0.15, 0.2) is 18.2 Å². The van der Waals surface area contributed by atoms with Gasteiger partial charge in [0.1, 0.15) is 5.75 Å². The number of hydrogen-bond donors (Lipinski definition) is 2. The summed E-state index contributed by atoms with van der Waals surface area (Å²) in [5.74, 6) is 0.976. The van der Waals surface area contributed by atoms with Crippen molar-refractivity contribution in [1.82, 2.24) is 5.32 Å². The third-order valence-electron chi connectivity index (χ3n) is 3.92. The maximum atomic E-state index is 9.85. The van der Waals surface area contributed by atoms with Crippen LogP contribution in [-0.4, -0.2) is 17.7 Å². The fraction of sp³-hybridized carbons (Fsp3) is 0.600. The largest absolute Gasteiger partial charge is 0.508 e. The topological polar surface area (TPSA) is 32.3 Å². The van der Waals surface area contributed by atoms with Crippen LogP contribution < -0.4 is 5.32 Å². The van der Waals surface area contributed by atoms with E-state index >= 15 is 0 Å². The van der Waals surface area contributed by atoms with Crippen molar-refractivity contribution >= 4 is 0 Å². The molecule has 17 heavy (non-hydrogen) atoms. The first-order chi connectivity index (χ1) is 8.24. The molecule has 2 rings (SSSR count). The zero-order valence-corrected chi connectivity index (χ0v) is 10.9. The first kappa shape index (κ1) is 12.4. The van der Waals surface area contributed by atoms with Crippen molar-refractivity contribution in [3.8, 4) is 5.75 Å². The van der Waals surface area contributed by atoms with E-state index in [0.29, 0.717) is 17.7 Å². The Balaban J connectivity index is 2.08. The minimum Gasteiger partial charge on any atom is -0.508 e. The third-order valence-corrected chi connectivity index (χ3v) is 3.92. The van der Waals surface area contributed by atoms with Gasteiger partial charge in [-0.2, -0.15) is 0 Å². The van der Waals surface area contributed by atoms with Gasteiger partial charge in [-0.25, -0.2) is 0 Å². The minimum absolute atomic E-state index is 0.473. The van der Waals surface area contributed by atoms with E-state index in [4.69, 9.17) is 0 Å². The first-order valence-corrected chi connectivity index (χ1v) is 6.78. The van der Waals surface area contributed by atoms with Crippen LogP contribution in [0.5, 0.6) is 5.75 Å². The summed E-state index contributed by atoms with van der Waals surface area (Å²) in [6.45, 7) is 5.60. The van der Waals surface area contributed by atoms with E-state index in [1.165, 1.54) is 18.4 Å². The highest BCUT2D eigenvalue weighted by atomic mass is 16.3. The molecule has 0 heterocycles. The van der Waals surface area contributed by atoms with E-state index in [9.17, 15) is 5.11 Å². The van der Waals surface area contributed by atoms with E-state index in [2.05, 4.69) is 25.2 Å². The van der Waals surface area contributed by atoms with Crippen molar-refractivity contribution < 1.29 is 5.11 Å². The van der Waals surface area contributed by atoms with Crippen LogP contribution in [0, 0.1) is 0 Å². The molecule has 0 bridgehead atoms. The lowest BCUT2D eigenvalue weighted by Gasteiger charge is -2.32. The number of hydrogen-bond acceptors (Lipinski definition) is 2. The summed E-state index contributed by atoms with van der Waals surface area (Å²) in [6.07, 6.45) is 4.62. The fourth-order valence-corrected chi connectivity index (χ4v) is 2.80. The van der Waals surface area contributed by atoms with Crippen LogP contribution >= 0.6 is 0 Å². The molecule has 1 aromatic carbocycles. The van der Waals surface area contributed by atoms with Gasteiger partial charge in [-0.05, 0) is 48.9 Å². The quantitative estimate of drug-likeness (QED) is 0.783. The lowest BCUT2D eigenvalue weighted by molar-refractivity contribution is 0.389. The van der Waals surface area contributed by atoms with Gasteiger partial charge in [0.15, 0.2) is 0 Å². The summed E-state index contributed by atoms with van der Waals surface area (Å²) in [6, 6.07) is 6.49. The number of phenols is 1. The van der Waals surface area contributed by atoms with Gasteiger partial charge in [0.25, 0.3) is 0 Å². The highest BCUT2D eigenvalue weighted by Gasteiger charge is 2.26. The number of rotatable bonds is 4.